The van der Waals surface area contributed by atoms with Crippen molar-refractivity contribution in [3.8, 4) is 11.5 Å². The van der Waals surface area contributed by atoms with Crippen LogP contribution in [0.15, 0.2) is 12.1 Å². The second-order valence-electron chi connectivity index (χ2n) is 6.60. The summed E-state index contributed by atoms with van der Waals surface area (Å²) in [5, 5.41) is 0.379. The molecule has 0 spiro atoms. The molecule has 0 aliphatic heterocycles. The van der Waals surface area contributed by atoms with E-state index >= 15 is 0 Å². The fourth-order valence-corrected chi connectivity index (χ4v) is 2.56. The lowest BCUT2D eigenvalue weighted by atomic mass is 9.93. The van der Waals surface area contributed by atoms with Gasteiger partial charge in [-0.25, -0.2) is 0 Å². The van der Waals surface area contributed by atoms with Crippen molar-refractivity contribution in [2.45, 2.75) is 34.1 Å². The van der Waals surface area contributed by atoms with E-state index in [1.165, 1.54) is 0 Å². The first-order valence-corrected chi connectivity index (χ1v) is 8.68. The third kappa shape index (κ3) is 5.56. The number of ether oxygens (including phenoxy) is 2. The molecule has 6 heteroatoms. The number of hydrogen-bond acceptors (Lipinski definition) is 4. The van der Waals surface area contributed by atoms with Gasteiger partial charge >= 0.3 is 0 Å². The van der Waals surface area contributed by atoms with E-state index in [9.17, 15) is 4.79 Å². The molecule has 0 aliphatic carbocycles. The Morgan fingerprint density at radius 1 is 1.29 bits per heavy atom. The summed E-state index contributed by atoms with van der Waals surface area (Å²) < 4.78 is 11.3. The monoisotopic (exact) mass is 356 g/mol. The van der Waals surface area contributed by atoms with Crippen molar-refractivity contribution in [3.63, 3.8) is 0 Å². The van der Waals surface area contributed by atoms with Crippen LogP contribution >= 0.6 is 11.6 Å². The molecule has 1 rings (SSSR count). The summed E-state index contributed by atoms with van der Waals surface area (Å²) in [6, 6.07) is 3.32. The van der Waals surface area contributed by atoms with Gasteiger partial charge < -0.3 is 20.1 Å². The van der Waals surface area contributed by atoms with Crippen molar-refractivity contribution >= 4 is 17.5 Å². The van der Waals surface area contributed by atoms with Crippen molar-refractivity contribution in [2.75, 3.05) is 33.4 Å². The standard InChI is InChI=1S/C18H29ClN2O3/c1-6-8-24-16-14(19)9-13(10-15(16)23-7-2)17(22)21(5)12-18(3,4)11-20/h9-10H,6-8,11-12,20H2,1-5H3. The minimum absolute atomic E-state index is 0.124. The highest BCUT2D eigenvalue weighted by molar-refractivity contribution is 6.32. The fraction of sp³-hybridized carbons (Fsp3) is 0.611. The molecule has 5 nitrogen and oxygen atoms in total. The van der Waals surface area contributed by atoms with Crippen LogP contribution in [-0.2, 0) is 0 Å². The van der Waals surface area contributed by atoms with Crippen molar-refractivity contribution in [1.29, 1.82) is 0 Å². The van der Waals surface area contributed by atoms with Crippen LogP contribution in [0, 0.1) is 5.41 Å². The predicted octanol–water partition coefficient (Wildman–Crippen LogP) is 3.58. The topological polar surface area (TPSA) is 64.8 Å². The number of carbonyl (C=O) groups is 1. The van der Waals surface area contributed by atoms with Crippen LogP contribution < -0.4 is 15.2 Å². The molecule has 0 saturated heterocycles. The maximum atomic E-state index is 12.7. The van der Waals surface area contributed by atoms with Gasteiger partial charge in [0.15, 0.2) is 11.5 Å². The van der Waals surface area contributed by atoms with Gasteiger partial charge in [0.25, 0.3) is 5.91 Å². The van der Waals surface area contributed by atoms with E-state index in [4.69, 9.17) is 26.8 Å². The third-order valence-electron chi connectivity index (χ3n) is 3.57. The van der Waals surface area contributed by atoms with E-state index in [0.29, 0.717) is 48.4 Å². The van der Waals surface area contributed by atoms with E-state index in [-0.39, 0.29) is 11.3 Å². The molecule has 0 radical (unpaired) electrons. The number of nitrogens with two attached hydrogens (primary N) is 1. The molecule has 0 heterocycles. The Hall–Kier alpha value is -1.46. The highest BCUT2D eigenvalue weighted by Crippen LogP contribution is 2.37. The molecule has 136 valence electrons. The average molecular weight is 357 g/mol. The lowest BCUT2D eigenvalue weighted by molar-refractivity contribution is 0.0740. The molecule has 24 heavy (non-hydrogen) atoms. The molecule has 0 aliphatic rings. The van der Waals surface area contributed by atoms with Crippen molar-refractivity contribution < 1.29 is 14.3 Å². The SMILES string of the molecule is CCCOc1c(Cl)cc(C(=O)N(C)CC(C)(C)CN)cc1OCC. The Bertz CT molecular complexity index is 561. The molecule has 1 aromatic carbocycles. The van der Waals surface area contributed by atoms with Gasteiger partial charge in [-0.05, 0) is 37.4 Å². The second-order valence-corrected chi connectivity index (χ2v) is 7.00. The number of nitrogens with zero attached hydrogens (tertiary/aromatic N) is 1. The molecule has 2 N–H and O–H groups in total. The highest BCUT2D eigenvalue weighted by atomic mass is 35.5. The molecule has 1 aromatic rings. The molecule has 0 atom stereocenters. The van der Waals surface area contributed by atoms with Gasteiger partial charge in [0.05, 0.1) is 18.2 Å². The second kappa shape index (κ2) is 9.14. The van der Waals surface area contributed by atoms with Crippen LogP contribution in [0.2, 0.25) is 5.02 Å². The Labute approximate surface area is 150 Å². The molecule has 0 unspecified atom stereocenters. The summed E-state index contributed by atoms with van der Waals surface area (Å²) in [4.78, 5) is 14.4. The first-order valence-electron chi connectivity index (χ1n) is 8.30. The zero-order valence-corrected chi connectivity index (χ0v) is 16.1. The quantitative estimate of drug-likeness (QED) is 0.734. The number of amides is 1. The van der Waals surface area contributed by atoms with Gasteiger partial charge in [-0.1, -0.05) is 32.4 Å². The average Bonchev–Trinajstić information content (AvgIpc) is 2.53. The molecule has 0 fully saturated rings. The van der Waals surface area contributed by atoms with Gasteiger partial charge in [0.2, 0.25) is 0 Å². The van der Waals surface area contributed by atoms with E-state index in [1.54, 1.807) is 24.1 Å². The number of benzene rings is 1. The van der Waals surface area contributed by atoms with Gasteiger partial charge in [-0.2, -0.15) is 0 Å². The number of hydrogen-bond donors (Lipinski definition) is 1. The molecule has 0 bridgehead atoms. The first kappa shape index (κ1) is 20.6. The normalized spacial score (nSPS) is 11.3. The predicted molar refractivity (Wildman–Crippen MR) is 98.2 cm³/mol. The van der Waals surface area contributed by atoms with Gasteiger partial charge in [-0.3, -0.25) is 4.79 Å². The zero-order chi connectivity index (χ0) is 18.3. The van der Waals surface area contributed by atoms with E-state index in [1.807, 2.05) is 27.7 Å². The third-order valence-corrected chi connectivity index (χ3v) is 3.85. The van der Waals surface area contributed by atoms with Gasteiger partial charge in [0.1, 0.15) is 0 Å². The van der Waals surface area contributed by atoms with E-state index < -0.39 is 0 Å². The number of halogens is 1. The fourth-order valence-electron chi connectivity index (χ4n) is 2.30. The largest absolute Gasteiger partial charge is 0.490 e. The van der Waals surface area contributed by atoms with Crippen LogP contribution in [0.3, 0.4) is 0 Å². The Morgan fingerprint density at radius 3 is 2.50 bits per heavy atom. The summed E-state index contributed by atoms with van der Waals surface area (Å²) in [6.45, 7) is 10.00. The molecule has 0 aromatic heterocycles. The summed E-state index contributed by atoms with van der Waals surface area (Å²) in [5.74, 6) is 0.858. The van der Waals surface area contributed by atoms with Gasteiger partial charge in [-0.15, -0.1) is 0 Å². The molecular weight excluding hydrogens is 328 g/mol. The summed E-state index contributed by atoms with van der Waals surface area (Å²) in [7, 11) is 1.76. The summed E-state index contributed by atoms with van der Waals surface area (Å²) in [5.41, 5.74) is 6.07. The van der Waals surface area contributed by atoms with Crippen LogP contribution in [0.5, 0.6) is 11.5 Å². The highest BCUT2D eigenvalue weighted by Gasteiger charge is 2.24. The Balaban J connectivity index is 3.08. The molecule has 0 saturated carbocycles. The lowest BCUT2D eigenvalue weighted by Crippen LogP contribution is -2.39. The smallest absolute Gasteiger partial charge is 0.253 e. The maximum Gasteiger partial charge on any atom is 0.253 e. The van der Waals surface area contributed by atoms with Crippen molar-refractivity contribution in [1.82, 2.24) is 4.90 Å². The minimum Gasteiger partial charge on any atom is -0.490 e. The maximum absolute atomic E-state index is 12.7. The Kier molecular flexibility index (Phi) is 7.84. The number of rotatable bonds is 9. The van der Waals surface area contributed by atoms with Crippen LogP contribution in [0.1, 0.15) is 44.5 Å². The van der Waals surface area contributed by atoms with E-state index in [2.05, 4.69) is 0 Å². The number of carbonyl (C=O) groups excluding carboxylic acids is 1. The lowest BCUT2D eigenvalue weighted by Gasteiger charge is -2.29. The van der Waals surface area contributed by atoms with Gasteiger partial charge in [0, 0.05) is 19.2 Å². The summed E-state index contributed by atoms with van der Waals surface area (Å²) >= 11 is 6.32. The van der Waals surface area contributed by atoms with Crippen LogP contribution in [0.25, 0.3) is 0 Å². The van der Waals surface area contributed by atoms with E-state index in [0.717, 1.165) is 6.42 Å². The van der Waals surface area contributed by atoms with Crippen molar-refractivity contribution in [3.05, 3.63) is 22.7 Å². The van der Waals surface area contributed by atoms with Crippen molar-refractivity contribution in [2.24, 2.45) is 11.1 Å². The van der Waals surface area contributed by atoms with Crippen LogP contribution in [0.4, 0.5) is 0 Å². The first-order chi connectivity index (χ1) is 11.3. The molecular formula is C18H29ClN2O3. The molecule has 1 amide bonds. The van der Waals surface area contributed by atoms with Crippen LogP contribution in [-0.4, -0.2) is 44.2 Å². The Morgan fingerprint density at radius 2 is 1.96 bits per heavy atom. The zero-order valence-electron chi connectivity index (χ0n) is 15.3. The minimum atomic E-state index is -0.152. The summed E-state index contributed by atoms with van der Waals surface area (Å²) in [6.07, 6.45) is 0.861.